The fourth-order valence-electron chi connectivity index (χ4n) is 0.987. The minimum atomic E-state index is -0.0564. The Kier molecular flexibility index (Phi) is 2.10. The number of carbonyl (C=O) groups is 1. The van der Waals surface area contributed by atoms with Crippen LogP contribution < -0.4 is 5.32 Å². The van der Waals surface area contributed by atoms with Crippen molar-refractivity contribution in [3.63, 3.8) is 0 Å². The molecule has 2 atom stereocenters. The van der Waals surface area contributed by atoms with Crippen molar-refractivity contribution in [3.05, 3.63) is 12.7 Å². The number of hydrogen-bond donors (Lipinski definition) is 1. The Morgan fingerprint density at radius 1 is 1.90 bits per heavy atom. The Morgan fingerprint density at radius 3 is 2.90 bits per heavy atom. The molecule has 1 rings (SSSR count). The molecule has 0 aliphatic heterocycles. The molecule has 1 N–H and O–H groups in total. The molecule has 0 aromatic rings. The lowest BCUT2D eigenvalue weighted by molar-refractivity contribution is -0.116. The summed E-state index contributed by atoms with van der Waals surface area (Å²) in [5.74, 6) is 1.48. The van der Waals surface area contributed by atoms with E-state index >= 15 is 0 Å². The van der Waals surface area contributed by atoms with Gasteiger partial charge >= 0.3 is 0 Å². The largest absolute Gasteiger partial charge is 0.352 e. The van der Waals surface area contributed by atoms with E-state index in [0.29, 0.717) is 0 Å². The Bertz CT molecular complexity index is 153. The summed E-state index contributed by atoms with van der Waals surface area (Å²) in [6, 6.07) is 0. The second-order valence-corrected chi connectivity index (χ2v) is 2.92. The number of nitrogens with one attached hydrogen (secondary N) is 1. The van der Waals surface area contributed by atoms with Crippen molar-refractivity contribution in [2.75, 3.05) is 6.54 Å². The van der Waals surface area contributed by atoms with Crippen LogP contribution in [0.3, 0.4) is 0 Å². The van der Waals surface area contributed by atoms with Crippen LogP contribution in [0.2, 0.25) is 0 Å². The van der Waals surface area contributed by atoms with Crippen LogP contribution in [0.4, 0.5) is 0 Å². The number of amides is 1. The zero-order valence-corrected chi connectivity index (χ0v) is 6.26. The van der Waals surface area contributed by atoms with E-state index in [2.05, 4.69) is 18.8 Å². The summed E-state index contributed by atoms with van der Waals surface area (Å²) in [7, 11) is 0. The summed E-state index contributed by atoms with van der Waals surface area (Å²) >= 11 is 0. The fraction of sp³-hybridized carbons (Fsp3) is 0.625. The van der Waals surface area contributed by atoms with Crippen molar-refractivity contribution in [2.24, 2.45) is 11.8 Å². The van der Waals surface area contributed by atoms with Gasteiger partial charge in [-0.2, -0.15) is 0 Å². The van der Waals surface area contributed by atoms with Crippen LogP contribution in [-0.4, -0.2) is 12.5 Å². The van der Waals surface area contributed by atoms with Crippen molar-refractivity contribution < 1.29 is 4.79 Å². The molecule has 56 valence electrons. The van der Waals surface area contributed by atoms with Crippen molar-refractivity contribution in [2.45, 2.75) is 13.3 Å². The first-order valence-electron chi connectivity index (χ1n) is 3.64. The number of carbonyl (C=O) groups excluding carboxylic acids is 1. The molecule has 0 saturated heterocycles. The van der Waals surface area contributed by atoms with E-state index < -0.39 is 0 Å². The third-order valence-electron chi connectivity index (χ3n) is 2.00. The average molecular weight is 139 g/mol. The van der Waals surface area contributed by atoms with Crippen molar-refractivity contribution in [3.8, 4) is 0 Å². The summed E-state index contributed by atoms with van der Waals surface area (Å²) in [6.45, 7) is 6.39. The van der Waals surface area contributed by atoms with Gasteiger partial charge in [-0.3, -0.25) is 4.79 Å². The molecule has 2 unspecified atom stereocenters. The topological polar surface area (TPSA) is 29.1 Å². The van der Waals surface area contributed by atoms with Crippen LogP contribution in [0.1, 0.15) is 13.3 Å². The highest BCUT2D eigenvalue weighted by Crippen LogP contribution is 2.36. The minimum Gasteiger partial charge on any atom is -0.352 e. The minimum absolute atomic E-state index is 0.0564. The second-order valence-electron chi connectivity index (χ2n) is 2.92. The summed E-state index contributed by atoms with van der Waals surface area (Å²) < 4.78 is 0. The highest BCUT2D eigenvalue weighted by molar-refractivity contribution is 5.86. The molecule has 10 heavy (non-hydrogen) atoms. The summed E-state index contributed by atoms with van der Waals surface area (Å²) in [4.78, 5) is 10.6. The van der Waals surface area contributed by atoms with Crippen LogP contribution in [0.5, 0.6) is 0 Å². The summed E-state index contributed by atoms with van der Waals surface area (Å²) in [5.41, 5.74) is 0. The molecule has 1 aliphatic rings. The smallest absolute Gasteiger partial charge is 0.243 e. The van der Waals surface area contributed by atoms with Gasteiger partial charge in [0.25, 0.3) is 0 Å². The molecule has 1 aliphatic carbocycles. The lowest BCUT2D eigenvalue weighted by Crippen LogP contribution is -2.23. The molecule has 0 aromatic heterocycles. The zero-order valence-electron chi connectivity index (χ0n) is 6.26. The maximum Gasteiger partial charge on any atom is 0.243 e. The molecule has 2 heteroatoms. The SMILES string of the molecule is C=CC(=O)NCC1CC1C. The van der Waals surface area contributed by atoms with Crippen LogP contribution in [0.15, 0.2) is 12.7 Å². The molecule has 0 radical (unpaired) electrons. The first-order valence-corrected chi connectivity index (χ1v) is 3.64. The van der Waals surface area contributed by atoms with Crippen molar-refractivity contribution in [1.82, 2.24) is 5.32 Å². The first kappa shape index (κ1) is 7.32. The van der Waals surface area contributed by atoms with E-state index in [9.17, 15) is 4.79 Å². The molecular formula is C8H13NO. The fourth-order valence-corrected chi connectivity index (χ4v) is 0.987. The molecular weight excluding hydrogens is 126 g/mol. The summed E-state index contributed by atoms with van der Waals surface area (Å²) in [6.07, 6.45) is 2.57. The third kappa shape index (κ3) is 1.87. The monoisotopic (exact) mass is 139 g/mol. The molecule has 0 spiro atoms. The molecule has 2 nitrogen and oxygen atoms in total. The van der Waals surface area contributed by atoms with E-state index in [1.165, 1.54) is 12.5 Å². The maximum atomic E-state index is 10.6. The van der Waals surface area contributed by atoms with E-state index in [1.807, 2.05) is 0 Å². The second kappa shape index (κ2) is 2.86. The molecule has 1 saturated carbocycles. The van der Waals surface area contributed by atoms with Crippen LogP contribution in [-0.2, 0) is 4.79 Å². The van der Waals surface area contributed by atoms with Gasteiger partial charge in [-0.05, 0) is 24.3 Å². The van der Waals surface area contributed by atoms with Crippen molar-refractivity contribution in [1.29, 1.82) is 0 Å². The van der Waals surface area contributed by atoms with Crippen LogP contribution in [0, 0.1) is 11.8 Å². The van der Waals surface area contributed by atoms with Gasteiger partial charge in [-0.25, -0.2) is 0 Å². The molecule has 1 amide bonds. The van der Waals surface area contributed by atoms with Gasteiger partial charge in [0, 0.05) is 6.54 Å². The van der Waals surface area contributed by atoms with E-state index in [0.717, 1.165) is 18.4 Å². The number of hydrogen-bond acceptors (Lipinski definition) is 1. The third-order valence-corrected chi connectivity index (χ3v) is 2.00. The van der Waals surface area contributed by atoms with Gasteiger partial charge in [0.2, 0.25) is 5.91 Å². The van der Waals surface area contributed by atoms with Gasteiger partial charge in [0.1, 0.15) is 0 Å². The lowest BCUT2D eigenvalue weighted by atomic mass is 10.3. The lowest BCUT2D eigenvalue weighted by Gasteiger charge is -1.97. The molecule has 1 fully saturated rings. The maximum absolute atomic E-state index is 10.6. The normalized spacial score (nSPS) is 29.3. The van der Waals surface area contributed by atoms with Crippen LogP contribution >= 0.6 is 0 Å². The van der Waals surface area contributed by atoms with E-state index in [1.54, 1.807) is 0 Å². The quantitative estimate of drug-likeness (QED) is 0.579. The summed E-state index contributed by atoms with van der Waals surface area (Å²) in [5, 5.41) is 2.77. The average Bonchev–Trinajstić information content (AvgIpc) is 2.61. The zero-order chi connectivity index (χ0) is 7.56. The van der Waals surface area contributed by atoms with Gasteiger partial charge < -0.3 is 5.32 Å². The Balaban J connectivity index is 2.06. The standard InChI is InChI=1S/C8H13NO/c1-3-8(10)9-5-7-4-6(7)2/h3,6-7H,1,4-5H2,2H3,(H,9,10). The molecule has 0 aromatic carbocycles. The Hall–Kier alpha value is -0.790. The molecule has 0 heterocycles. The van der Waals surface area contributed by atoms with Gasteiger partial charge in [-0.15, -0.1) is 0 Å². The first-order chi connectivity index (χ1) is 4.74. The molecule has 0 bridgehead atoms. The van der Waals surface area contributed by atoms with Gasteiger partial charge in [0.15, 0.2) is 0 Å². The van der Waals surface area contributed by atoms with Gasteiger partial charge in [0.05, 0.1) is 0 Å². The van der Waals surface area contributed by atoms with Crippen molar-refractivity contribution >= 4 is 5.91 Å². The Morgan fingerprint density at radius 2 is 2.50 bits per heavy atom. The highest BCUT2D eigenvalue weighted by Gasteiger charge is 2.31. The predicted molar refractivity (Wildman–Crippen MR) is 40.5 cm³/mol. The van der Waals surface area contributed by atoms with E-state index in [-0.39, 0.29) is 5.91 Å². The van der Waals surface area contributed by atoms with Gasteiger partial charge in [-0.1, -0.05) is 13.5 Å². The van der Waals surface area contributed by atoms with E-state index in [4.69, 9.17) is 0 Å². The Labute approximate surface area is 61.3 Å². The number of rotatable bonds is 3. The highest BCUT2D eigenvalue weighted by atomic mass is 16.1. The van der Waals surface area contributed by atoms with Crippen LogP contribution in [0.25, 0.3) is 0 Å². The predicted octanol–water partition coefficient (Wildman–Crippen LogP) is 0.945.